The predicted octanol–water partition coefficient (Wildman–Crippen LogP) is 3.26. The highest BCUT2D eigenvalue weighted by Gasteiger charge is 2.32. The summed E-state index contributed by atoms with van der Waals surface area (Å²) in [6, 6.07) is 5.39. The van der Waals surface area contributed by atoms with Crippen LogP contribution in [0.15, 0.2) is 18.2 Å². The van der Waals surface area contributed by atoms with Gasteiger partial charge < -0.3 is 5.11 Å². The Balaban J connectivity index is 1.77. The van der Waals surface area contributed by atoms with Crippen LogP contribution in [0.1, 0.15) is 53.9 Å². The quantitative estimate of drug-likeness (QED) is 0.922. The van der Waals surface area contributed by atoms with Gasteiger partial charge in [0.25, 0.3) is 0 Å². The number of carboxylic acids is 1. The second-order valence-corrected chi connectivity index (χ2v) is 5.93. The summed E-state index contributed by atoms with van der Waals surface area (Å²) in [6.45, 7) is 1.87. The SMILES string of the molecule is O=C(O)c1cccc(C2CCN(C3CCCC3)C2)c1F. The van der Waals surface area contributed by atoms with E-state index < -0.39 is 11.8 Å². The van der Waals surface area contributed by atoms with Crippen molar-refractivity contribution in [2.75, 3.05) is 13.1 Å². The van der Waals surface area contributed by atoms with E-state index in [1.807, 2.05) is 0 Å². The van der Waals surface area contributed by atoms with Crippen molar-refractivity contribution in [3.05, 3.63) is 35.1 Å². The number of carboxylic acid groups (broad SMARTS) is 1. The van der Waals surface area contributed by atoms with Crippen molar-refractivity contribution in [2.24, 2.45) is 0 Å². The molecule has 1 saturated carbocycles. The Morgan fingerprint density at radius 1 is 1.25 bits per heavy atom. The molecule has 3 rings (SSSR count). The van der Waals surface area contributed by atoms with E-state index in [4.69, 9.17) is 5.11 Å². The average Bonchev–Trinajstić information content (AvgIpc) is 3.09. The molecule has 1 aliphatic heterocycles. The number of aromatic carboxylic acids is 1. The van der Waals surface area contributed by atoms with Crippen LogP contribution < -0.4 is 0 Å². The zero-order chi connectivity index (χ0) is 14.1. The molecule has 20 heavy (non-hydrogen) atoms. The number of benzene rings is 1. The van der Waals surface area contributed by atoms with E-state index in [0.717, 1.165) is 19.5 Å². The van der Waals surface area contributed by atoms with Gasteiger partial charge in [-0.25, -0.2) is 9.18 Å². The molecule has 108 valence electrons. The van der Waals surface area contributed by atoms with Crippen molar-refractivity contribution >= 4 is 5.97 Å². The number of likely N-dealkylation sites (tertiary alicyclic amines) is 1. The molecule has 3 nitrogen and oxygen atoms in total. The average molecular weight is 277 g/mol. The summed E-state index contributed by atoms with van der Waals surface area (Å²) >= 11 is 0. The van der Waals surface area contributed by atoms with Crippen LogP contribution in [0.3, 0.4) is 0 Å². The van der Waals surface area contributed by atoms with E-state index in [1.165, 1.54) is 31.7 Å². The Morgan fingerprint density at radius 2 is 2.00 bits per heavy atom. The lowest BCUT2D eigenvalue weighted by Gasteiger charge is -2.23. The summed E-state index contributed by atoms with van der Waals surface area (Å²) < 4.78 is 14.3. The van der Waals surface area contributed by atoms with Crippen LogP contribution in [0.5, 0.6) is 0 Å². The number of rotatable bonds is 3. The van der Waals surface area contributed by atoms with Crippen LogP contribution >= 0.6 is 0 Å². The first-order valence-corrected chi connectivity index (χ1v) is 7.42. The van der Waals surface area contributed by atoms with Crippen molar-refractivity contribution in [1.82, 2.24) is 4.90 Å². The molecule has 1 saturated heterocycles. The van der Waals surface area contributed by atoms with Gasteiger partial charge in [0.2, 0.25) is 0 Å². The maximum atomic E-state index is 14.3. The Morgan fingerprint density at radius 3 is 2.70 bits per heavy atom. The summed E-state index contributed by atoms with van der Waals surface area (Å²) in [5.74, 6) is -1.59. The molecule has 2 fully saturated rings. The Bertz CT molecular complexity index is 511. The number of carbonyl (C=O) groups is 1. The van der Waals surface area contributed by atoms with Crippen molar-refractivity contribution in [3.63, 3.8) is 0 Å². The summed E-state index contributed by atoms with van der Waals surface area (Å²) in [4.78, 5) is 13.5. The first kappa shape index (κ1) is 13.6. The van der Waals surface area contributed by atoms with E-state index in [1.54, 1.807) is 12.1 Å². The molecule has 4 heteroatoms. The minimum atomic E-state index is -1.19. The van der Waals surface area contributed by atoms with Crippen LogP contribution in [0.2, 0.25) is 0 Å². The summed E-state index contributed by atoms with van der Waals surface area (Å²) in [5, 5.41) is 9.01. The molecular weight excluding hydrogens is 257 g/mol. The van der Waals surface area contributed by atoms with Gasteiger partial charge in [-0.05, 0) is 37.4 Å². The number of halogens is 1. The van der Waals surface area contributed by atoms with E-state index in [2.05, 4.69) is 4.90 Å². The topological polar surface area (TPSA) is 40.5 Å². The molecule has 1 N–H and O–H groups in total. The molecule has 0 spiro atoms. The van der Waals surface area contributed by atoms with E-state index >= 15 is 0 Å². The third-order valence-electron chi connectivity index (χ3n) is 4.76. The molecule has 1 aliphatic carbocycles. The van der Waals surface area contributed by atoms with Gasteiger partial charge >= 0.3 is 5.97 Å². The maximum Gasteiger partial charge on any atom is 0.338 e. The molecular formula is C16H20FNO2. The third kappa shape index (κ3) is 2.44. The van der Waals surface area contributed by atoms with Crippen molar-refractivity contribution < 1.29 is 14.3 Å². The highest BCUT2D eigenvalue weighted by Crippen LogP contribution is 2.34. The monoisotopic (exact) mass is 277 g/mol. The van der Waals surface area contributed by atoms with Gasteiger partial charge in [-0.2, -0.15) is 0 Å². The lowest BCUT2D eigenvalue weighted by molar-refractivity contribution is 0.0691. The van der Waals surface area contributed by atoms with Gasteiger partial charge in [0.15, 0.2) is 0 Å². The minimum Gasteiger partial charge on any atom is -0.478 e. The van der Waals surface area contributed by atoms with Gasteiger partial charge in [-0.1, -0.05) is 25.0 Å². The Labute approximate surface area is 118 Å². The molecule has 1 aromatic carbocycles. The second-order valence-electron chi connectivity index (χ2n) is 5.93. The predicted molar refractivity (Wildman–Crippen MR) is 74.5 cm³/mol. The molecule has 0 radical (unpaired) electrons. The van der Waals surface area contributed by atoms with E-state index in [0.29, 0.717) is 11.6 Å². The van der Waals surface area contributed by atoms with E-state index in [-0.39, 0.29) is 11.5 Å². The smallest absolute Gasteiger partial charge is 0.338 e. The summed E-state index contributed by atoms with van der Waals surface area (Å²) in [6.07, 6.45) is 6.04. The van der Waals surface area contributed by atoms with Crippen molar-refractivity contribution in [1.29, 1.82) is 0 Å². The largest absolute Gasteiger partial charge is 0.478 e. The van der Waals surface area contributed by atoms with Gasteiger partial charge in [0.05, 0.1) is 5.56 Å². The molecule has 2 aliphatic rings. The van der Waals surface area contributed by atoms with Crippen LogP contribution in [0.4, 0.5) is 4.39 Å². The number of hydrogen-bond acceptors (Lipinski definition) is 2. The summed E-state index contributed by atoms with van der Waals surface area (Å²) in [5.41, 5.74) is 0.368. The zero-order valence-electron chi connectivity index (χ0n) is 11.5. The van der Waals surface area contributed by atoms with Crippen LogP contribution in [-0.2, 0) is 0 Å². The van der Waals surface area contributed by atoms with Gasteiger partial charge in [-0.15, -0.1) is 0 Å². The van der Waals surface area contributed by atoms with Crippen LogP contribution in [0.25, 0.3) is 0 Å². The molecule has 1 heterocycles. The summed E-state index contributed by atoms with van der Waals surface area (Å²) in [7, 11) is 0. The normalized spacial score (nSPS) is 24.4. The highest BCUT2D eigenvalue weighted by atomic mass is 19.1. The molecule has 0 bridgehead atoms. The molecule has 1 unspecified atom stereocenters. The van der Waals surface area contributed by atoms with Gasteiger partial charge in [-0.3, -0.25) is 4.90 Å². The van der Waals surface area contributed by atoms with Gasteiger partial charge in [0, 0.05) is 18.5 Å². The first-order chi connectivity index (χ1) is 9.66. The molecule has 0 amide bonds. The molecule has 0 aromatic heterocycles. The lowest BCUT2D eigenvalue weighted by Crippen LogP contribution is -2.30. The number of hydrogen-bond donors (Lipinski definition) is 1. The fourth-order valence-electron chi connectivity index (χ4n) is 3.67. The van der Waals surface area contributed by atoms with Crippen molar-refractivity contribution in [3.8, 4) is 0 Å². The van der Waals surface area contributed by atoms with Gasteiger partial charge in [0.1, 0.15) is 5.82 Å². The highest BCUT2D eigenvalue weighted by molar-refractivity contribution is 5.88. The molecule has 1 aromatic rings. The molecule has 1 atom stereocenters. The lowest BCUT2D eigenvalue weighted by atomic mass is 9.95. The Hall–Kier alpha value is -1.42. The zero-order valence-corrected chi connectivity index (χ0v) is 11.5. The Kier molecular flexibility index (Phi) is 3.74. The fraction of sp³-hybridized carbons (Fsp3) is 0.562. The minimum absolute atomic E-state index is 0.134. The maximum absolute atomic E-state index is 14.3. The third-order valence-corrected chi connectivity index (χ3v) is 4.76. The standard InChI is InChI=1S/C16H20FNO2/c17-15-13(6-3-7-14(15)16(19)20)11-8-9-18(10-11)12-4-1-2-5-12/h3,6-7,11-12H,1-2,4-5,8-10H2,(H,19,20). The van der Waals surface area contributed by atoms with E-state index in [9.17, 15) is 9.18 Å². The first-order valence-electron chi connectivity index (χ1n) is 7.42. The van der Waals surface area contributed by atoms with Crippen LogP contribution in [0, 0.1) is 5.82 Å². The van der Waals surface area contributed by atoms with Crippen molar-refractivity contribution in [2.45, 2.75) is 44.1 Å². The number of nitrogens with zero attached hydrogens (tertiary/aromatic N) is 1. The second kappa shape index (κ2) is 5.52. The fourth-order valence-corrected chi connectivity index (χ4v) is 3.67. The van der Waals surface area contributed by atoms with Crippen LogP contribution in [-0.4, -0.2) is 35.1 Å².